The van der Waals surface area contributed by atoms with Gasteiger partial charge in [-0.3, -0.25) is 0 Å². The van der Waals surface area contributed by atoms with Crippen molar-refractivity contribution in [1.82, 2.24) is 9.55 Å². The lowest BCUT2D eigenvalue weighted by atomic mass is 10.2. The number of hydrogen-bond acceptors (Lipinski definition) is 1. The summed E-state index contributed by atoms with van der Waals surface area (Å²) in [4.78, 5) is 4.37. The molecule has 0 aliphatic heterocycles. The van der Waals surface area contributed by atoms with E-state index in [9.17, 15) is 0 Å². The van der Waals surface area contributed by atoms with Gasteiger partial charge in [-0.15, -0.1) is 0 Å². The Kier molecular flexibility index (Phi) is 2.48. The van der Waals surface area contributed by atoms with Crippen LogP contribution >= 0.6 is 0 Å². The molecule has 0 spiro atoms. The molecule has 64 valence electrons. The summed E-state index contributed by atoms with van der Waals surface area (Å²) >= 11 is 0. The monoisotopic (exact) mass is 162 g/mol. The second-order valence-electron chi connectivity index (χ2n) is 2.97. The third-order valence-electron chi connectivity index (χ3n) is 1.75. The van der Waals surface area contributed by atoms with Gasteiger partial charge in [0.05, 0.1) is 5.69 Å². The zero-order valence-corrected chi connectivity index (χ0v) is 7.62. The predicted octanol–water partition coefficient (Wildman–Crippen LogP) is 2.75. The van der Waals surface area contributed by atoms with E-state index in [2.05, 4.69) is 32.0 Å². The maximum atomic E-state index is 4.37. The van der Waals surface area contributed by atoms with Gasteiger partial charge < -0.3 is 4.57 Å². The molecule has 12 heavy (non-hydrogen) atoms. The van der Waals surface area contributed by atoms with E-state index < -0.39 is 0 Å². The Labute approximate surface area is 73.2 Å². The summed E-state index contributed by atoms with van der Waals surface area (Å²) in [6.45, 7) is 11.6. The van der Waals surface area contributed by atoms with Gasteiger partial charge in [-0.25, -0.2) is 4.98 Å². The minimum Gasteiger partial charge on any atom is -0.307 e. The second-order valence-corrected chi connectivity index (χ2v) is 2.97. The maximum Gasteiger partial charge on any atom is 0.136 e. The molecular weight excluding hydrogens is 148 g/mol. The normalized spacial score (nSPS) is 10.2. The minimum atomic E-state index is 0.449. The molecule has 1 rings (SSSR count). The van der Waals surface area contributed by atoms with Crippen molar-refractivity contribution in [3.05, 3.63) is 30.9 Å². The molecule has 0 aromatic carbocycles. The first-order valence-corrected chi connectivity index (χ1v) is 4.02. The van der Waals surface area contributed by atoms with Gasteiger partial charge in [0.15, 0.2) is 0 Å². The minimum absolute atomic E-state index is 0.449. The molecular formula is C10H14N2. The number of imidazole rings is 1. The fourth-order valence-electron chi connectivity index (χ4n) is 1.00. The van der Waals surface area contributed by atoms with Crippen LogP contribution in [0, 0.1) is 0 Å². The van der Waals surface area contributed by atoms with Gasteiger partial charge in [0, 0.05) is 12.4 Å². The quantitative estimate of drug-likeness (QED) is 0.668. The molecule has 0 radical (unpaired) electrons. The first kappa shape index (κ1) is 8.78. The summed E-state index contributed by atoms with van der Waals surface area (Å²) in [5, 5.41) is 0. The van der Waals surface area contributed by atoms with Crippen LogP contribution in [0.2, 0.25) is 0 Å². The Balaban J connectivity index is 3.13. The van der Waals surface area contributed by atoms with Crippen molar-refractivity contribution < 1.29 is 0 Å². The summed E-state index contributed by atoms with van der Waals surface area (Å²) in [5.74, 6) is 1.30. The molecule has 0 N–H and O–H groups in total. The third-order valence-corrected chi connectivity index (χ3v) is 1.75. The Bertz CT molecular complexity index is 269. The number of aromatic nitrogens is 2. The molecule has 0 fully saturated rings. The van der Waals surface area contributed by atoms with Crippen LogP contribution in [-0.2, 0) is 0 Å². The smallest absolute Gasteiger partial charge is 0.136 e. The first-order chi connectivity index (χ1) is 5.69. The van der Waals surface area contributed by atoms with Gasteiger partial charge in [0.25, 0.3) is 0 Å². The molecule has 1 aromatic heterocycles. The Hall–Kier alpha value is -1.31. The van der Waals surface area contributed by atoms with Crippen molar-refractivity contribution >= 4 is 12.3 Å². The lowest BCUT2D eigenvalue weighted by Crippen LogP contribution is -1.86. The highest BCUT2D eigenvalue weighted by atomic mass is 15.1. The zero-order chi connectivity index (χ0) is 9.14. The molecule has 0 bridgehead atoms. The summed E-state index contributed by atoms with van der Waals surface area (Å²) in [6, 6.07) is 0. The van der Waals surface area contributed by atoms with Crippen LogP contribution in [0.3, 0.4) is 0 Å². The molecule has 0 aliphatic carbocycles. The lowest BCUT2D eigenvalue weighted by Gasteiger charge is -1.95. The summed E-state index contributed by atoms with van der Waals surface area (Å²) in [6.07, 6.45) is 5.44. The predicted molar refractivity (Wildman–Crippen MR) is 52.8 cm³/mol. The molecule has 0 unspecified atom stereocenters. The molecule has 0 amide bonds. The molecule has 0 saturated carbocycles. The van der Waals surface area contributed by atoms with Crippen molar-refractivity contribution in [3.8, 4) is 0 Å². The van der Waals surface area contributed by atoms with Crippen molar-refractivity contribution in [1.29, 1.82) is 0 Å². The fraction of sp³-hybridized carbons (Fsp3) is 0.300. The molecule has 1 heterocycles. The van der Waals surface area contributed by atoms with E-state index in [1.165, 1.54) is 0 Å². The fourth-order valence-corrected chi connectivity index (χ4v) is 1.00. The number of hydrogen-bond donors (Lipinski definition) is 0. The molecule has 0 aliphatic rings. The van der Waals surface area contributed by atoms with Gasteiger partial charge in [-0.1, -0.05) is 27.0 Å². The van der Waals surface area contributed by atoms with Crippen LogP contribution in [-0.4, -0.2) is 9.55 Å². The van der Waals surface area contributed by atoms with E-state index in [0.717, 1.165) is 11.5 Å². The van der Waals surface area contributed by atoms with Crippen LogP contribution in [0.25, 0.3) is 12.3 Å². The highest BCUT2D eigenvalue weighted by molar-refractivity contribution is 5.43. The van der Waals surface area contributed by atoms with Crippen LogP contribution in [0.1, 0.15) is 31.3 Å². The lowest BCUT2D eigenvalue weighted by molar-refractivity contribution is 0.831. The van der Waals surface area contributed by atoms with E-state index in [4.69, 9.17) is 0 Å². The van der Waals surface area contributed by atoms with Crippen LogP contribution in [0.5, 0.6) is 0 Å². The average molecular weight is 162 g/mol. The van der Waals surface area contributed by atoms with Crippen LogP contribution in [0.4, 0.5) is 0 Å². The Morgan fingerprint density at radius 1 is 1.50 bits per heavy atom. The van der Waals surface area contributed by atoms with Gasteiger partial charge in [0.1, 0.15) is 5.82 Å². The summed E-state index contributed by atoms with van der Waals surface area (Å²) in [5.41, 5.74) is 1.07. The van der Waals surface area contributed by atoms with Crippen molar-refractivity contribution in [2.24, 2.45) is 0 Å². The van der Waals surface area contributed by atoms with E-state index in [0.29, 0.717) is 5.92 Å². The van der Waals surface area contributed by atoms with E-state index in [1.807, 2.05) is 10.8 Å². The topological polar surface area (TPSA) is 17.8 Å². The van der Waals surface area contributed by atoms with E-state index >= 15 is 0 Å². The molecule has 0 saturated heterocycles. The number of nitrogens with zero attached hydrogens (tertiary/aromatic N) is 2. The van der Waals surface area contributed by atoms with Crippen LogP contribution in [0.15, 0.2) is 19.4 Å². The maximum absolute atomic E-state index is 4.37. The van der Waals surface area contributed by atoms with Crippen LogP contribution < -0.4 is 0 Å². The largest absolute Gasteiger partial charge is 0.307 e. The highest BCUT2D eigenvalue weighted by Crippen LogP contribution is 2.14. The first-order valence-electron chi connectivity index (χ1n) is 4.02. The Morgan fingerprint density at radius 3 is 2.50 bits per heavy atom. The van der Waals surface area contributed by atoms with Crippen molar-refractivity contribution in [3.63, 3.8) is 0 Å². The standard InChI is InChI=1S/C10H14N2/c1-5-10-11-9(8(3)4)7-12(10)6-2/h5-8H,1-2H2,3-4H3. The van der Waals surface area contributed by atoms with Gasteiger partial charge in [-0.2, -0.15) is 0 Å². The summed E-state index contributed by atoms with van der Waals surface area (Å²) < 4.78 is 1.88. The Morgan fingerprint density at radius 2 is 2.17 bits per heavy atom. The molecule has 2 heteroatoms. The SMILES string of the molecule is C=Cc1nc(C(C)C)cn1C=C. The van der Waals surface area contributed by atoms with Gasteiger partial charge in [-0.05, 0) is 12.0 Å². The van der Waals surface area contributed by atoms with E-state index in [-0.39, 0.29) is 0 Å². The van der Waals surface area contributed by atoms with Gasteiger partial charge >= 0.3 is 0 Å². The van der Waals surface area contributed by atoms with E-state index in [1.54, 1.807) is 12.3 Å². The zero-order valence-electron chi connectivity index (χ0n) is 7.62. The highest BCUT2D eigenvalue weighted by Gasteiger charge is 2.05. The van der Waals surface area contributed by atoms with Crippen molar-refractivity contribution in [2.75, 3.05) is 0 Å². The molecule has 0 atom stereocenters. The average Bonchev–Trinajstić information content (AvgIpc) is 2.46. The number of rotatable bonds is 3. The van der Waals surface area contributed by atoms with Gasteiger partial charge in [0.2, 0.25) is 0 Å². The molecule has 2 nitrogen and oxygen atoms in total. The summed E-state index contributed by atoms with van der Waals surface area (Å²) in [7, 11) is 0. The molecule has 1 aromatic rings. The second kappa shape index (κ2) is 3.39. The third kappa shape index (κ3) is 1.47. The van der Waals surface area contributed by atoms with Crippen molar-refractivity contribution in [2.45, 2.75) is 19.8 Å².